The van der Waals surface area contributed by atoms with Crippen molar-refractivity contribution in [2.45, 2.75) is 32.5 Å². The van der Waals surface area contributed by atoms with E-state index in [1.54, 1.807) is 20.8 Å². The van der Waals surface area contributed by atoms with Crippen LogP contribution in [0.2, 0.25) is 0 Å². The zero-order chi connectivity index (χ0) is 14.8. The molecular weight excluding hydrogens is 329 g/mol. The lowest BCUT2D eigenvalue weighted by atomic mass is 10.2. The Labute approximate surface area is 116 Å². The molecule has 19 heavy (non-hydrogen) atoms. The number of aromatic nitrogens is 1. The van der Waals surface area contributed by atoms with Crippen LogP contribution in [0, 0.1) is 0 Å². The number of ether oxygens (including phenoxy) is 1. The molecule has 0 aliphatic rings. The predicted molar refractivity (Wildman–Crippen MR) is 66.8 cm³/mol. The van der Waals surface area contributed by atoms with Crippen molar-refractivity contribution < 1.29 is 22.7 Å². The summed E-state index contributed by atoms with van der Waals surface area (Å²) in [7, 11) is 0. The van der Waals surface area contributed by atoms with E-state index in [0.29, 0.717) is 0 Å². The molecule has 0 saturated heterocycles. The number of hydrogen-bond donors (Lipinski definition) is 1. The lowest BCUT2D eigenvalue weighted by Gasteiger charge is -2.20. The van der Waals surface area contributed by atoms with Crippen LogP contribution in [0.1, 0.15) is 26.5 Å². The highest BCUT2D eigenvalue weighted by molar-refractivity contribution is 9.10. The van der Waals surface area contributed by atoms with Crippen LogP contribution in [-0.4, -0.2) is 16.7 Å². The molecule has 1 N–H and O–H groups in total. The van der Waals surface area contributed by atoms with Gasteiger partial charge in [0.2, 0.25) is 0 Å². The highest BCUT2D eigenvalue weighted by Crippen LogP contribution is 2.34. The van der Waals surface area contributed by atoms with Gasteiger partial charge < -0.3 is 4.74 Å². The third kappa shape index (κ3) is 5.06. The summed E-state index contributed by atoms with van der Waals surface area (Å²) in [6.07, 6.45) is -5.64. The molecule has 0 aromatic carbocycles. The van der Waals surface area contributed by atoms with Crippen LogP contribution in [0.3, 0.4) is 0 Å². The van der Waals surface area contributed by atoms with Crippen molar-refractivity contribution in [2.24, 2.45) is 0 Å². The first-order chi connectivity index (χ1) is 8.49. The average Bonchev–Trinajstić information content (AvgIpc) is 2.16. The maximum atomic E-state index is 12.7. The summed E-state index contributed by atoms with van der Waals surface area (Å²) >= 11 is 2.85. The summed E-state index contributed by atoms with van der Waals surface area (Å²) in [5, 5.41) is 2.04. The van der Waals surface area contributed by atoms with Gasteiger partial charge in [-0.2, -0.15) is 13.2 Å². The van der Waals surface area contributed by atoms with Gasteiger partial charge in [0, 0.05) is 0 Å². The maximum absolute atomic E-state index is 12.7. The fraction of sp³-hybridized carbons (Fsp3) is 0.455. The van der Waals surface area contributed by atoms with E-state index in [4.69, 9.17) is 4.74 Å². The van der Waals surface area contributed by atoms with E-state index >= 15 is 0 Å². The Kier molecular flexibility index (Phi) is 4.44. The monoisotopic (exact) mass is 340 g/mol. The van der Waals surface area contributed by atoms with Gasteiger partial charge in [0.05, 0.1) is 5.69 Å². The minimum absolute atomic E-state index is 0.0227. The molecule has 1 amide bonds. The molecule has 8 heteroatoms. The summed E-state index contributed by atoms with van der Waals surface area (Å²) in [5.74, 6) is 0. The van der Waals surface area contributed by atoms with Crippen molar-refractivity contribution >= 4 is 27.7 Å². The van der Waals surface area contributed by atoms with Crippen LogP contribution in [0.4, 0.5) is 23.7 Å². The molecule has 0 aliphatic heterocycles. The Hall–Kier alpha value is -1.31. The molecule has 4 nitrogen and oxygen atoms in total. The molecule has 0 radical (unpaired) electrons. The molecule has 1 rings (SSSR count). The SMILES string of the molecule is CC(C)(C)OC(=O)Nc1ccc(Br)nc1C(F)(F)F. The summed E-state index contributed by atoms with van der Waals surface area (Å²) in [4.78, 5) is 14.8. The zero-order valence-electron chi connectivity index (χ0n) is 10.4. The van der Waals surface area contributed by atoms with Gasteiger partial charge in [-0.3, -0.25) is 5.32 Å². The second kappa shape index (κ2) is 5.36. The second-order valence-corrected chi connectivity index (χ2v) is 5.47. The van der Waals surface area contributed by atoms with E-state index in [9.17, 15) is 18.0 Å². The minimum Gasteiger partial charge on any atom is -0.444 e. The van der Waals surface area contributed by atoms with E-state index in [2.05, 4.69) is 20.9 Å². The highest BCUT2D eigenvalue weighted by atomic mass is 79.9. The fourth-order valence-electron chi connectivity index (χ4n) is 1.17. The average molecular weight is 341 g/mol. The largest absolute Gasteiger partial charge is 0.444 e. The quantitative estimate of drug-likeness (QED) is 0.779. The van der Waals surface area contributed by atoms with Crippen LogP contribution < -0.4 is 5.32 Å². The number of pyridine rings is 1. The third-order valence-electron chi connectivity index (χ3n) is 1.77. The van der Waals surface area contributed by atoms with Crippen molar-refractivity contribution in [3.8, 4) is 0 Å². The van der Waals surface area contributed by atoms with Gasteiger partial charge in [-0.25, -0.2) is 9.78 Å². The predicted octanol–water partition coefficient (Wildman–Crippen LogP) is 4.21. The summed E-state index contributed by atoms with van der Waals surface area (Å²) < 4.78 is 43.1. The Balaban J connectivity index is 2.99. The number of carbonyl (C=O) groups is 1. The Morgan fingerprint density at radius 1 is 1.32 bits per heavy atom. The van der Waals surface area contributed by atoms with E-state index < -0.39 is 29.3 Å². The molecule has 1 aromatic heterocycles. The normalized spacial score (nSPS) is 12.2. The number of rotatable bonds is 1. The number of nitrogens with one attached hydrogen (secondary N) is 1. The zero-order valence-corrected chi connectivity index (χ0v) is 12.0. The van der Waals surface area contributed by atoms with Gasteiger partial charge in [0.25, 0.3) is 0 Å². The summed E-state index contributed by atoms with van der Waals surface area (Å²) in [6, 6.07) is 2.39. The van der Waals surface area contributed by atoms with Crippen LogP contribution in [0.15, 0.2) is 16.7 Å². The number of nitrogens with zero attached hydrogens (tertiary/aromatic N) is 1. The molecule has 0 bridgehead atoms. The second-order valence-electron chi connectivity index (χ2n) is 4.65. The maximum Gasteiger partial charge on any atom is 0.435 e. The van der Waals surface area contributed by atoms with Gasteiger partial charge in [-0.1, -0.05) is 0 Å². The smallest absolute Gasteiger partial charge is 0.435 e. The Bertz CT molecular complexity index is 484. The third-order valence-corrected chi connectivity index (χ3v) is 2.21. The topological polar surface area (TPSA) is 51.2 Å². The summed E-state index contributed by atoms with van der Waals surface area (Å²) in [5.41, 5.74) is -2.44. The van der Waals surface area contributed by atoms with E-state index in [1.165, 1.54) is 6.07 Å². The van der Waals surface area contributed by atoms with Gasteiger partial charge in [0.1, 0.15) is 10.2 Å². The van der Waals surface area contributed by atoms with E-state index in [1.807, 2.05) is 5.32 Å². The van der Waals surface area contributed by atoms with Crippen molar-refractivity contribution in [1.82, 2.24) is 4.98 Å². The van der Waals surface area contributed by atoms with E-state index in [0.717, 1.165) is 6.07 Å². The first-order valence-electron chi connectivity index (χ1n) is 5.23. The van der Waals surface area contributed by atoms with Crippen LogP contribution in [-0.2, 0) is 10.9 Å². The summed E-state index contributed by atoms with van der Waals surface area (Å²) in [6.45, 7) is 4.82. The fourth-order valence-corrected chi connectivity index (χ4v) is 1.48. The first-order valence-corrected chi connectivity index (χ1v) is 6.02. The van der Waals surface area contributed by atoms with E-state index in [-0.39, 0.29) is 4.60 Å². The van der Waals surface area contributed by atoms with Crippen molar-refractivity contribution in [1.29, 1.82) is 0 Å². The molecule has 0 spiro atoms. The standard InChI is InChI=1S/C11H12BrF3N2O2/c1-10(2,3)19-9(18)16-6-4-5-7(12)17-8(6)11(13,14)15/h4-5H,1-3H3,(H,16,18). The molecule has 0 unspecified atom stereocenters. The van der Waals surface area contributed by atoms with Gasteiger partial charge in [-0.05, 0) is 48.8 Å². The van der Waals surface area contributed by atoms with Crippen LogP contribution >= 0.6 is 15.9 Å². The van der Waals surface area contributed by atoms with Crippen LogP contribution in [0.5, 0.6) is 0 Å². The van der Waals surface area contributed by atoms with Crippen molar-refractivity contribution in [3.63, 3.8) is 0 Å². The molecule has 0 atom stereocenters. The lowest BCUT2D eigenvalue weighted by Crippen LogP contribution is -2.28. The number of carbonyl (C=O) groups excluding carboxylic acids is 1. The number of hydrogen-bond acceptors (Lipinski definition) is 3. The first kappa shape index (κ1) is 15.7. The van der Waals surface area contributed by atoms with Crippen molar-refractivity contribution in [3.05, 3.63) is 22.4 Å². The molecular formula is C11H12BrF3N2O2. The van der Waals surface area contributed by atoms with Gasteiger partial charge in [0.15, 0.2) is 5.69 Å². The molecule has 0 saturated carbocycles. The highest BCUT2D eigenvalue weighted by Gasteiger charge is 2.36. The van der Waals surface area contributed by atoms with Crippen molar-refractivity contribution in [2.75, 3.05) is 5.32 Å². The number of anilines is 1. The minimum atomic E-state index is -4.67. The lowest BCUT2D eigenvalue weighted by molar-refractivity contribution is -0.140. The van der Waals surface area contributed by atoms with Gasteiger partial charge >= 0.3 is 12.3 Å². The Morgan fingerprint density at radius 3 is 2.37 bits per heavy atom. The number of amides is 1. The number of alkyl halides is 3. The number of halogens is 4. The molecule has 1 aromatic rings. The molecule has 106 valence electrons. The molecule has 0 fully saturated rings. The van der Waals surface area contributed by atoms with Crippen LogP contribution in [0.25, 0.3) is 0 Å². The molecule has 1 heterocycles. The molecule has 0 aliphatic carbocycles. The van der Waals surface area contributed by atoms with Gasteiger partial charge in [-0.15, -0.1) is 0 Å². The Morgan fingerprint density at radius 2 is 1.89 bits per heavy atom.